The van der Waals surface area contributed by atoms with Crippen molar-refractivity contribution >= 4 is 11.6 Å². The minimum Gasteiger partial charge on any atom is -0.491 e. The van der Waals surface area contributed by atoms with Gasteiger partial charge in [-0.3, -0.25) is 9.69 Å². The second kappa shape index (κ2) is 12.9. The predicted octanol–water partition coefficient (Wildman–Crippen LogP) is 2.43. The number of morpholine rings is 1. The molecule has 4 rings (SSSR count). The van der Waals surface area contributed by atoms with Gasteiger partial charge in [0, 0.05) is 51.0 Å². The molecule has 2 aromatic carbocycles. The van der Waals surface area contributed by atoms with Gasteiger partial charge in [-0.25, -0.2) is 0 Å². The van der Waals surface area contributed by atoms with Crippen LogP contribution in [0.3, 0.4) is 0 Å². The summed E-state index contributed by atoms with van der Waals surface area (Å²) >= 11 is 0. The van der Waals surface area contributed by atoms with Crippen molar-refractivity contribution in [3.05, 3.63) is 59.2 Å². The lowest BCUT2D eigenvalue weighted by Crippen LogP contribution is -2.42. The molecular weight excluding hydrogens is 446 g/mol. The van der Waals surface area contributed by atoms with Gasteiger partial charge in [0.15, 0.2) is 0 Å². The Hall–Kier alpha value is -2.65. The molecule has 1 amide bonds. The molecular formula is C27H37N3O5. The van der Waals surface area contributed by atoms with Crippen LogP contribution in [0.2, 0.25) is 0 Å². The van der Waals surface area contributed by atoms with Crippen molar-refractivity contribution in [2.24, 2.45) is 0 Å². The maximum Gasteiger partial charge on any atom is 0.236 e. The fraction of sp³-hybridized carbons (Fsp3) is 0.519. The molecule has 8 nitrogen and oxygen atoms in total. The monoisotopic (exact) mass is 483 g/mol. The number of benzene rings is 2. The highest BCUT2D eigenvalue weighted by molar-refractivity contribution is 5.78. The normalized spacial score (nSPS) is 18.6. The highest BCUT2D eigenvalue weighted by atomic mass is 16.5. The number of methoxy groups -OCH3 is 1. The summed E-state index contributed by atoms with van der Waals surface area (Å²) in [6.07, 6.45) is 0.454. The summed E-state index contributed by atoms with van der Waals surface area (Å²) in [6, 6.07) is 15.0. The third-order valence-electron chi connectivity index (χ3n) is 6.33. The van der Waals surface area contributed by atoms with Crippen LogP contribution in [-0.4, -0.2) is 83.4 Å². The van der Waals surface area contributed by atoms with Gasteiger partial charge in [0.05, 0.1) is 33.0 Å². The molecule has 1 unspecified atom stereocenters. The van der Waals surface area contributed by atoms with Crippen LogP contribution < -0.4 is 15.0 Å². The Balaban J connectivity index is 1.53. The lowest BCUT2D eigenvalue weighted by atomic mass is 10.0. The minimum absolute atomic E-state index is 0.0653. The van der Waals surface area contributed by atoms with Gasteiger partial charge in [-0.15, -0.1) is 0 Å². The van der Waals surface area contributed by atoms with Gasteiger partial charge < -0.3 is 29.2 Å². The largest absolute Gasteiger partial charge is 0.491 e. The van der Waals surface area contributed by atoms with Gasteiger partial charge in [0.25, 0.3) is 0 Å². The first-order chi connectivity index (χ1) is 17.1. The van der Waals surface area contributed by atoms with Crippen LogP contribution in [0.1, 0.15) is 23.6 Å². The minimum atomic E-state index is -0.318. The number of rotatable bonds is 5. The molecule has 190 valence electrons. The van der Waals surface area contributed by atoms with E-state index >= 15 is 0 Å². The number of hydrogen-bond donors (Lipinski definition) is 1. The van der Waals surface area contributed by atoms with E-state index in [1.807, 2.05) is 6.92 Å². The quantitative estimate of drug-likeness (QED) is 0.655. The van der Waals surface area contributed by atoms with Gasteiger partial charge >= 0.3 is 0 Å². The Bertz CT molecular complexity index is 964. The summed E-state index contributed by atoms with van der Waals surface area (Å²) < 4.78 is 22.7. The molecule has 0 radical (unpaired) electrons. The van der Waals surface area contributed by atoms with E-state index in [9.17, 15) is 4.79 Å². The number of nitrogens with zero attached hydrogens (tertiary/aromatic N) is 2. The maximum atomic E-state index is 12.5. The number of ether oxygens (including phenoxy) is 4. The molecule has 8 heteroatoms. The summed E-state index contributed by atoms with van der Waals surface area (Å²) in [6.45, 7) is 8.23. The number of carbonyl (C=O) groups excluding carboxylic acids is 1. The number of hydrogen-bond acceptors (Lipinski definition) is 7. The van der Waals surface area contributed by atoms with E-state index in [4.69, 9.17) is 18.9 Å². The average molecular weight is 484 g/mol. The molecule has 2 aromatic rings. The summed E-state index contributed by atoms with van der Waals surface area (Å²) in [5, 5.41) is 2.86. The van der Waals surface area contributed by atoms with Gasteiger partial charge in [0.1, 0.15) is 18.6 Å². The van der Waals surface area contributed by atoms with E-state index in [0.717, 1.165) is 44.0 Å². The third-order valence-corrected chi connectivity index (χ3v) is 6.33. The van der Waals surface area contributed by atoms with Crippen molar-refractivity contribution in [1.82, 2.24) is 10.2 Å². The molecule has 0 aromatic heterocycles. The Morgan fingerprint density at radius 3 is 2.60 bits per heavy atom. The van der Waals surface area contributed by atoms with Crippen molar-refractivity contribution < 1.29 is 23.7 Å². The van der Waals surface area contributed by atoms with E-state index in [-0.39, 0.29) is 18.7 Å². The Morgan fingerprint density at radius 1 is 1.00 bits per heavy atom. The van der Waals surface area contributed by atoms with Crippen LogP contribution in [-0.2, 0) is 32.0 Å². The van der Waals surface area contributed by atoms with E-state index in [1.54, 1.807) is 7.11 Å². The first-order valence-corrected chi connectivity index (χ1v) is 12.4. The summed E-state index contributed by atoms with van der Waals surface area (Å²) in [5.74, 6) is 0.836. The van der Waals surface area contributed by atoms with Gasteiger partial charge in [-0.2, -0.15) is 0 Å². The molecule has 2 aliphatic rings. The number of amides is 1. The predicted molar refractivity (Wildman–Crippen MR) is 135 cm³/mol. The molecule has 1 N–H and O–H groups in total. The highest BCUT2D eigenvalue weighted by Crippen LogP contribution is 2.28. The second-order valence-corrected chi connectivity index (χ2v) is 9.01. The molecule has 2 bridgehead atoms. The maximum absolute atomic E-state index is 12.5. The summed E-state index contributed by atoms with van der Waals surface area (Å²) in [4.78, 5) is 16.9. The average Bonchev–Trinajstić information content (AvgIpc) is 2.87. The van der Waals surface area contributed by atoms with Gasteiger partial charge in [-0.05, 0) is 36.2 Å². The Morgan fingerprint density at radius 2 is 1.77 bits per heavy atom. The molecule has 0 spiro atoms. The first kappa shape index (κ1) is 25.4. The zero-order valence-electron chi connectivity index (χ0n) is 20.8. The molecule has 1 atom stereocenters. The fourth-order valence-electron chi connectivity index (χ4n) is 4.43. The lowest BCUT2D eigenvalue weighted by molar-refractivity contribution is -0.125. The van der Waals surface area contributed by atoms with Crippen LogP contribution in [0, 0.1) is 0 Å². The Labute approximate surface area is 208 Å². The van der Waals surface area contributed by atoms with Crippen LogP contribution in [0.5, 0.6) is 5.75 Å². The number of fused-ring (bicyclic) bond motifs is 3. The summed E-state index contributed by atoms with van der Waals surface area (Å²) in [7, 11) is 1.58. The van der Waals surface area contributed by atoms with E-state index in [2.05, 4.69) is 57.6 Å². The van der Waals surface area contributed by atoms with E-state index in [0.29, 0.717) is 32.9 Å². The molecule has 35 heavy (non-hydrogen) atoms. The van der Waals surface area contributed by atoms with Gasteiger partial charge in [0.2, 0.25) is 5.91 Å². The molecule has 2 aliphatic heterocycles. The number of anilines is 1. The molecule has 1 saturated heterocycles. The number of nitrogens with one attached hydrogen (secondary N) is 1. The smallest absolute Gasteiger partial charge is 0.236 e. The van der Waals surface area contributed by atoms with Crippen LogP contribution in [0.15, 0.2) is 42.5 Å². The van der Waals surface area contributed by atoms with E-state index < -0.39 is 0 Å². The van der Waals surface area contributed by atoms with Crippen LogP contribution in [0.4, 0.5) is 5.69 Å². The number of carbonyl (C=O) groups is 1. The Kier molecular flexibility index (Phi) is 9.36. The van der Waals surface area contributed by atoms with Crippen molar-refractivity contribution in [3.63, 3.8) is 0 Å². The van der Waals surface area contributed by atoms with Crippen LogP contribution in [0.25, 0.3) is 0 Å². The topological polar surface area (TPSA) is 72.5 Å². The molecule has 0 saturated carbocycles. The SMILES string of the molecule is COC(C)NC(=O)CN1CCOCCOc2ccc(N3CCOCC3)cc2Cc2cccc(c2)C1. The van der Waals surface area contributed by atoms with Crippen molar-refractivity contribution in [2.45, 2.75) is 26.1 Å². The van der Waals surface area contributed by atoms with Crippen molar-refractivity contribution in [1.29, 1.82) is 0 Å². The molecule has 2 heterocycles. The van der Waals surface area contributed by atoms with Gasteiger partial charge in [-0.1, -0.05) is 24.3 Å². The van der Waals surface area contributed by atoms with Crippen LogP contribution >= 0.6 is 0 Å². The first-order valence-electron chi connectivity index (χ1n) is 12.4. The molecule has 1 fully saturated rings. The second-order valence-electron chi connectivity index (χ2n) is 9.01. The standard InChI is InChI=1S/C27H37N3O5/c1-21(32-2)28-27(31)20-29-8-11-34-14-15-35-26-7-6-25(30-9-12-33-13-10-30)18-24(26)17-22-4-3-5-23(16-22)19-29/h3-7,16,18,21H,8-15,17,19-20H2,1-2H3,(H,28,31). The van der Waals surface area contributed by atoms with Crippen molar-refractivity contribution in [2.75, 3.05) is 71.2 Å². The summed E-state index contributed by atoms with van der Waals surface area (Å²) in [5.41, 5.74) is 4.75. The zero-order valence-corrected chi connectivity index (χ0v) is 20.8. The van der Waals surface area contributed by atoms with Crippen molar-refractivity contribution in [3.8, 4) is 5.75 Å². The zero-order chi connectivity index (χ0) is 24.5. The lowest BCUT2D eigenvalue weighted by Gasteiger charge is -2.29. The highest BCUT2D eigenvalue weighted by Gasteiger charge is 2.17. The van der Waals surface area contributed by atoms with E-state index in [1.165, 1.54) is 16.8 Å². The molecule has 0 aliphatic carbocycles. The third kappa shape index (κ3) is 7.67. The fourth-order valence-corrected chi connectivity index (χ4v) is 4.43.